The van der Waals surface area contributed by atoms with Gasteiger partial charge < -0.3 is 24.0 Å². The SMILES string of the molecule is CCOc1nc(OC)c(CN2C[C@@H]3CN(C(=O)N(CC)CC)CCN3[C@H](C(c3ccccc3)c3ccccc3)C2)c(OCC(F)(F)F)n1.Cl.Cl. The normalized spacial score (nSPS) is 18.0. The van der Waals surface area contributed by atoms with Gasteiger partial charge in [0, 0.05) is 70.4 Å². The molecule has 0 radical (unpaired) electrons. The van der Waals surface area contributed by atoms with Crippen LogP contribution < -0.4 is 14.2 Å². The van der Waals surface area contributed by atoms with Crippen LogP contribution in [0, 0.1) is 0 Å². The van der Waals surface area contributed by atoms with E-state index in [1.54, 1.807) is 6.92 Å². The maximum absolute atomic E-state index is 13.5. The summed E-state index contributed by atoms with van der Waals surface area (Å²) >= 11 is 0. The zero-order valence-corrected chi connectivity index (χ0v) is 30.5. The summed E-state index contributed by atoms with van der Waals surface area (Å²) in [6.45, 7) is 8.77. The van der Waals surface area contributed by atoms with Crippen LogP contribution in [0.15, 0.2) is 60.7 Å². The van der Waals surface area contributed by atoms with Gasteiger partial charge in [0.15, 0.2) is 6.61 Å². The maximum atomic E-state index is 13.5. The molecule has 0 saturated carbocycles. The summed E-state index contributed by atoms with van der Waals surface area (Å²) in [5.74, 6) is -0.150. The highest BCUT2D eigenvalue weighted by Gasteiger charge is 2.44. The third-order valence-corrected chi connectivity index (χ3v) is 9.01. The Kier molecular flexibility index (Phi) is 15.2. The van der Waals surface area contributed by atoms with Gasteiger partial charge in [-0.05, 0) is 31.9 Å². The summed E-state index contributed by atoms with van der Waals surface area (Å²) < 4.78 is 56.3. The van der Waals surface area contributed by atoms with E-state index in [1.165, 1.54) is 7.11 Å². The van der Waals surface area contributed by atoms with Crippen LogP contribution in [-0.4, -0.2) is 120 Å². The van der Waals surface area contributed by atoms with Gasteiger partial charge in [-0.3, -0.25) is 9.80 Å². The monoisotopic (exact) mass is 742 g/mol. The molecule has 0 aliphatic carbocycles. The average molecular weight is 744 g/mol. The van der Waals surface area contributed by atoms with Gasteiger partial charge in [0.25, 0.3) is 0 Å². The van der Waals surface area contributed by atoms with Crippen molar-refractivity contribution in [3.63, 3.8) is 0 Å². The van der Waals surface area contributed by atoms with Gasteiger partial charge in [0.2, 0.25) is 11.8 Å². The minimum absolute atomic E-state index is 0. The first kappa shape index (κ1) is 40.9. The molecule has 276 valence electrons. The summed E-state index contributed by atoms with van der Waals surface area (Å²) in [6, 6.07) is 20.5. The van der Waals surface area contributed by atoms with E-state index < -0.39 is 12.8 Å². The number of ether oxygens (including phenoxy) is 3. The van der Waals surface area contributed by atoms with Crippen molar-refractivity contribution in [1.82, 2.24) is 29.6 Å². The van der Waals surface area contributed by atoms with Crippen LogP contribution in [0.4, 0.5) is 18.0 Å². The second kappa shape index (κ2) is 18.6. The molecule has 0 unspecified atom stereocenters. The molecule has 2 aliphatic heterocycles. The van der Waals surface area contributed by atoms with Crippen LogP contribution in [0.3, 0.4) is 0 Å². The fraction of sp³-hybridized carbons (Fsp3) is 0.514. The highest BCUT2D eigenvalue weighted by molar-refractivity contribution is 5.85. The first-order valence-corrected chi connectivity index (χ1v) is 16.5. The lowest BCUT2D eigenvalue weighted by Gasteiger charge is -2.53. The van der Waals surface area contributed by atoms with Crippen molar-refractivity contribution in [2.45, 2.75) is 51.5 Å². The van der Waals surface area contributed by atoms with Crippen molar-refractivity contribution >= 4 is 30.8 Å². The van der Waals surface area contributed by atoms with E-state index in [2.05, 4.69) is 44.0 Å². The molecule has 10 nitrogen and oxygen atoms in total. The van der Waals surface area contributed by atoms with Gasteiger partial charge in [-0.25, -0.2) is 4.79 Å². The van der Waals surface area contributed by atoms with Gasteiger partial charge in [-0.1, -0.05) is 60.7 Å². The first-order valence-electron chi connectivity index (χ1n) is 16.5. The Morgan fingerprint density at radius 1 is 0.880 bits per heavy atom. The lowest BCUT2D eigenvalue weighted by atomic mass is 9.81. The molecule has 0 bridgehead atoms. The number of nitrogens with zero attached hydrogens (tertiary/aromatic N) is 6. The van der Waals surface area contributed by atoms with Crippen molar-refractivity contribution in [2.75, 3.05) is 66.1 Å². The second-order valence-electron chi connectivity index (χ2n) is 12.0. The quantitative estimate of drug-likeness (QED) is 0.219. The van der Waals surface area contributed by atoms with Crippen molar-refractivity contribution in [3.05, 3.63) is 77.4 Å². The Hall–Kier alpha value is -3.52. The number of halogens is 5. The predicted octanol–water partition coefficient (Wildman–Crippen LogP) is 6.13. The number of carbonyl (C=O) groups excluding carboxylic acids is 1. The van der Waals surface area contributed by atoms with E-state index in [9.17, 15) is 18.0 Å². The van der Waals surface area contributed by atoms with Crippen LogP contribution in [0.2, 0.25) is 0 Å². The number of hydrogen-bond acceptors (Lipinski definition) is 8. The predicted molar refractivity (Wildman–Crippen MR) is 190 cm³/mol. The summed E-state index contributed by atoms with van der Waals surface area (Å²) in [5, 5.41) is 0. The first-order chi connectivity index (χ1) is 23.1. The molecule has 3 heterocycles. The number of carbonyl (C=O) groups is 1. The minimum atomic E-state index is -4.57. The summed E-state index contributed by atoms with van der Waals surface area (Å²) in [6.07, 6.45) is -4.57. The Morgan fingerprint density at radius 2 is 1.48 bits per heavy atom. The van der Waals surface area contributed by atoms with Crippen molar-refractivity contribution < 1.29 is 32.2 Å². The van der Waals surface area contributed by atoms with E-state index in [0.717, 1.165) is 11.1 Å². The van der Waals surface area contributed by atoms with Crippen LogP contribution in [-0.2, 0) is 6.54 Å². The zero-order valence-electron chi connectivity index (χ0n) is 28.8. The number of amides is 2. The molecule has 2 saturated heterocycles. The van der Waals surface area contributed by atoms with Crippen molar-refractivity contribution in [2.24, 2.45) is 0 Å². The van der Waals surface area contributed by atoms with E-state index in [4.69, 9.17) is 14.2 Å². The minimum Gasteiger partial charge on any atom is -0.481 e. The zero-order chi connectivity index (χ0) is 34.3. The standard InChI is InChI=1S/C35H45F3N6O4.2ClH/c1-5-42(6-2)34(45)43-18-19-44-27(21-43)20-41(23-29(44)30(25-14-10-8-11-15-25)26-16-12-9-13-17-26)22-28-31(46-4)39-33(47-7-3)40-32(28)48-24-35(36,37)38;;/h8-17,27,29-30H,5-7,18-24H2,1-4H3;2*1H/t27-,29+;;/m1../s1. The molecule has 2 aliphatic rings. The molecule has 2 fully saturated rings. The molecule has 0 N–H and O–H groups in total. The lowest BCUT2D eigenvalue weighted by Crippen LogP contribution is -2.68. The lowest BCUT2D eigenvalue weighted by molar-refractivity contribution is -0.154. The van der Waals surface area contributed by atoms with E-state index in [-0.39, 0.29) is 79.8 Å². The van der Waals surface area contributed by atoms with Gasteiger partial charge in [0.05, 0.1) is 19.3 Å². The third-order valence-electron chi connectivity index (χ3n) is 9.01. The number of aromatic nitrogens is 2. The largest absolute Gasteiger partial charge is 0.481 e. The topological polar surface area (TPSA) is 83.5 Å². The number of alkyl halides is 3. The molecule has 5 rings (SSSR count). The van der Waals surface area contributed by atoms with Crippen LogP contribution in [0.5, 0.6) is 17.8 Å². The molecular formula is C35H47Cl2F3N6O4. The molecule has 2 amide bonds. The Labute approximate surface area is 304 Å². The number of urea groups is 1. The van der Waals surface area contributed by atoms with Crippen molar-refractivity contribution in [1.29, 1.82) is 0 Å². The Balaban J connectivity index is 0.00000338. The summed E-state index contributed by atoms with van der Waals surface area (Å²) in [7, 11) is 1.41. The molecule has 2 atom stereocenters. The number of hydrogen-bond donors (Lipinski definition) is 0. The smallest absolute Gasteiger partial charge is 0.422 e. The third kappa shape index (κ3) is 9.83. The number of fused-ring (bicyclic) bond motifs is 1. The van der Waals surface area contributed by atoms with E-state index >= 15 is 0 Å². The number of piperazine rings is 2. The fourth-order valence-electron chi connectivity index (χ4n) is 6.88. The Morgan fingerprint density at radius 3 is 2.02 bits per heavy atom. The van der Waals surface area contributed by atoms with E-state index in [1.807, 2.05) is 60.0 Å². The summed E-state index contributed by atoms with van der Waals surface area (Å²) in [5.41, 5.74) is 2.62. The van der Waals surface area contributed by atoms with Crippen LogP contribution >= 0.6 is 24.8 Å². The van der Waals surface area contributed by atoms with Gasteiger partial charge in [-0.15, -0.1) is 24.8 Å². The number of methoxy groups -OCH3 is 1. The molecule has 15 heteroatoms. The van der Waals surface area contributed by atoms with Gasteiger partial charge in [0.1, 0.15) is 0 Å². The Bertz CT molecular complexity index is 1450. The molecular weight excluding hydrogens is 696 g/mol. The summed E-state index contributed by atoms with van der Waals surface area (Å²) in [4.78, 5) is 30.5. The maximum Gasteiger partial charge on any atom is 0.422 e. The number of rotatable bonds is 12. The average Bonchev–Trinajstić information content (AvgIpc) is 3.09. The highest BCUT2D eigenvalue weighted by Crippen LogP contribution is 2.38. The molecule has 1 aromatic heterocycles. The van der Waals surface area contributed by atoms with Crippen LogP contribution in [0.25, 0.3) is 0 Å². The highest BCUT2D eigenvalue weighted by atomic mass is 35.5. The molecule has 3 aromatic rings. The molecule has 0 spiro atoms. The van der Waals surface area contributed by atoms with Gasteiger partial charge >= 0.3 is 18.2 Å². The van der Waals surface area contributed by atoms with Crippen LogP contribution in [0.1, 0.15) is 43.4 Å². The van der Waals surface area contributed by atoms with E-state index in [0.29, 0.717) is 51.4 Å². The second-order valence-corrected chi connectivity index (χ2v) is 12.0. The fourth-order valence-corrected chi connectivity index (χ4v) is 6.88. The molecule has 50 heavy (non-hydrogen) atoms. The van der Waals surface area contributed by atoms with Gasteiger partial charge in [-0.2, -0.15) is 23.1 Å². The van der Waals surface area contributed by atoms with Crippen molar-refractivity contribution in [3.8, 4) is 17.8 Å². The molecule has 2 aromatic carbocycles. The number of benzene rings is 2.